The minimum Gasteiger partial charge on any atom is -0.478 e. The number of rotatable bonds is 6. The number of aryl methyl sites for hydroxylation is 1. The summed E-state index contributed by atoms with van der Waals surface area (Å²) in [6.45, 7) is 0. The molecule has 3 aromatic rings. The van der Waals surface area contributed by atoms with Gasteiger partial charge in [-0.15, -0.1) is 0 Å². The summed E-state index contributed by atoms with van der Waals surface area (Å²) in [6.07, 6.45) is 8.73. The summed E-state index contributed by atoms with van der Waals surface area (Å²) in [5, 5.41) is 10.2. The molecule has 1 saturated carbocycles. The smallest absolute Gasteiger partial charge is 0.339 e. The second kappa shape index (κ2) is 8.26. The zero-order chi connectivity index (χ0) is 21.3. The number of hydrogen-bond donors (Lipinski definition) is 1. The highest BCUT2D eigenvalue weighted by Gasteiger charge is 2.18. The predicted molar refractivity (Wildman–Crippen MR) is 117 cm³/mol. The number of nitrogens with zero attached hydrogens (tertiary/aromatic N) is 3. The zero-order valence-electron chi connectivity index (χ0n) is 17.2. The third-order valence-corrected chi connectivity index (χ3v) is 5.66. The number of fused-ring (bicyclic) bond motifs is 2. The summed E-state index contributed by atoms with van der Waals surface area (Å²) in [5.74, 6) is -0.420. The van der Waals surface area contributed by atoms with Gasteiger partial charge in [0.1, 0.15) is 11.1 Å². The van der Waals surface area contributed by atoms with Crippen molar-refractivity contribution in [2.24, 2.45) is 10.9 Å². The van der Waals surface area contributed by atoms with Gasteiger partial charge < -0.3 is 14.4 Å². The first-order valence-corrected chi connectivity index (χ1v) is 10.3. The summed E-state index contributed by atoms with van der Waals surface area (Å²) in [5.41, 5.74) is 1.22. The lowest BCUT2D eigenvalue weighted by molar-refractivity contribution is 0.0697. The van der Waals surface area contributed by atoms with Crippen molar-refractivity contribution >= 4 is 40.2 Å². The zero-order valence-corrected chi connectivity index (χ0v) is 17.2. The largest absolute Gasteiger partial charge is 0.478 e. The van der Waals surface area contributed by atoms with E-state index in [1.54, 1.807) is 25.1 Å². The fraction of sp³-hybridized carbons (Fsp3) is 0.391. The van der Waals surface area contributed by atoms with Crippen LogP contribution in [0.25, 0.3) is 22.1 Å². The molecule has 1 aliphatic rings. The van der Waals surface area contributed by atoms with E-state index in [0.717, 1.165) is 24.3 Å². The molecule has 0 bridgehead atoms. The van der Waals surface area contributed by atoms with E-state index in [1.807, 2.05) is 12.1 Å². The van der Waals surface area contributed by atoms with E-state index < -0.39 is 5.97 Å². The highest BCUT2D eigenvalue weighted by atomic mass is 16.4. The summed E-state index contributed by atoms with van der Waals surface area (Å²) in [7, 11) is 3.53. The van der Waals surface area contributed by atoms with Gasteiger partial charge in [0, 0.05) is 14.1 Å². The van der Waals surface area contributed by atoms with Crippen LogP contribution < -0.4 is 5.43 Å². The van der Waals surface area contributed by atoms with Gasteiger partial charge in [-0.05, 0) is 42.5 Å². The quantitative estimate of drug-likeness (QED) is 0.370. The van der Waals surface area contributed by atoms with Crippen LogP contribution in [0.15, 0.2) is 38.5 Å². The van der Waals surface area contributed by atoms with Crippen LogP contribution in [0.3, 0.4) is 0 Å². The SMILES string of the molecule is CN(C)C=Nc1nc2oc3ccc(CCC4CCCC4)cc3c(=O)c2cc1C(=O)O. The maximum absolute atomic E-state index is 13.1. The van der Waals surface area contributed by atoms with Gasteiger partial charge in [0.25, 0.3) is 0 Å². The Kier molecular flexibility index (Phi) is 5.53. The Labute approximate surface area is 174 Å². The fourth-order valence-corrected chi connectivity index (χ4v) is 4.07. The third-order valence-electron chi connectivity index (χ3n) is 5.66. The molecule has 2 heterocycles. The van der Waals surface area contributed by atoms with E-state index in [2.05, 4.69) is 9.98 Å². The normalized spacial score (nSPS) is 14.9. The highest BCUT2D eigenvalue weighted by molar-refractivity contribution is 5.98. The van der Waals surface area contributed by atoms with Crippen LogP contribution in [0, 0.1) is 5.92 Å². The Bertz CT molecular complexity index is 1190. The van der Waals surface area contributed by atoms with Gasteiger partial charge in [-0.25, -0.2) is 9.79 Å². The lowest BCUT2D eigenvalue weighted by atomic mass is 9.97. The van der Waals surface area contributed by atoms with Crippen LogP contribution >= 0.6 is 0 Å². The van der Waals surface area contributed by atoms with Crippen LogP contribution in [0.1, 0.15) is 48.0 Å². The number of benzene rings is 1. The van der Waals surface area contributed by atoms with Crippen molar-refractivity contribution in [3.05, 3.63) is 45.6 Å². The topological polar surface area (TPSA) is 96.0 Å². The molecule has 4 rings (SSSR count). The Morgan fingerprint density at radius 1 is 1.27 bits per heavy atom. The van der Waals surface area contributed by atoms with Crippen molar-refractivity contribution in [2.45, 2.75) is 38.5 Å². The van der Waals surface area contributed by atoms with Crippen LogP contribution in [0.4, 0.5) is 5.82 Å². The lowest BCUT2D eigenvalue weighted by Crippen LogP contribution is -2.09. The van der Waals surface area contributed by atoms with E-state index in [4.69, 9.17) is 4.42 Å². The summed E-state index contributed by atoms with van der Waals surface area (Å²) < 4.78 is 5.85. The first-order chi connectivity index (χ1) is 14.4. The van der Waals surface area contributed by atoms with Crippen molar-refractivity contribution < 1.29 is 14.3 Å². The van der Waals surface area contributed by atoms with Gasteiger partial charge in [-0.1, -0.05) is 31.7 Å². The van der Waals surface area contributed by atoms with Gasteiger partial charge in [0.05, 0.1) is 17.1 Å². The summed E-state index contributed by atoms with van der Waals surface area (Å²) in [6, 6.07) is 6.97. The van der Waals surface area contributed by atoms with E-state index in [0.29, 0.717) is 11.0 Å². The van der Waals surface area contributed by atoms with Gasteiger partial charge >= 0.3 is 5.97 Å². The van der Waals surface area contributed by atoms with Crippen LogP contribution in [-0.4, -0.2) is 41.4 Å². The number of carboxylic acids is 1. The Morgan fingerprint density at radius 2 is 2.03 bits per heavy atom. The van der Waals surface area contributed by atoms with Crippen LogP contribution in [0.2, 0.25) is 0 Å². The number of carbonyl (C=O) groups is 1. The van der Waals surface area contributed by atoms with Crippen molar-refractivity contribution in [1.82, 2.24) is 9.88 Å². The molecule has 0 saturated heterocycles. The predicted octanol–water partition coefficient (Wildman–Crippen LogP) is 4.38. The van der Waals surface area contributed by atoms with E-state index in [9.17, 15) is 14.7 Å². The van der Waals surface area contributed by atoms with Gasteiger partial charge in [-0.3, -0.25) is 4.79 Å². The van der Waals surface area contributed by atoms with Crippen LogP contribution in [-0.2, 0) is 6.42 Å². The fourth-order valence-electron chi connectivity index (χ4n) is 4.07. The first kappa shape index (κ1) is 20.1. The Morgan fingerprint density at radius 3 is 2.73 bits per heavy atom. The standard InChI is InChI=1S/C23H25N3O4/c1-26(2)13-24-21-18(23(28)29)12-17-20(27)16-11-15(8-7-14-5-3-4-6-14)9-10-19(16)30-22(17)25-21/h9-14H,3-8H2,1-2H3,(H,28,29). The average molecular weight is 407 g/mol. The maximum Gasteiger partial charge on any atom is 0.339 e. The maximum atomic E-state index is 13.1. The lowest BCUT2D eigenvalue weighted by Gasteiger charge is -2.09. The third kappa shape index (κ3) is 4.06. The van der Waals surface area contributed by atoms with Gasteiger partial charge in [0.15, 0.2) is 5.82 Å². The molecule has 30 heavy (non-hydrogen) atoms. The molecule has 7 nitrogen and oxygen atoms in total. The average Bonchev–Trinajstić information content (AvgIpc) is 3.24. The van der Waals surface area contributed by atoms with Gasteiger partial charge in [0.2, 0.25) is 11.1 Å². The molecule has 1 N–H and O–H groups in total. The van der Waals surface area contributed by atoms with Crippen molar-refractivity contribution in [2.75, 3.05) is 14.1 Å². The molecule has 0 radical (unpaired) electrons. The summed E-state index contributed by atoms with van der Waals surface area (Å²) in [4.78, 5) is 34.8. The van der Waals surface area contributed by atoms with Crippen molar-refractivity contribution in [1.29, 1.82) is 0 Å². The van der Waals surface area contributed by atoms with Crippen molar-refractivity contribution in [3.63, 3.8) is 0 Å². The number of pyridine rings is 1. The monoisotopic (exact) mass is 407 g/mol. The molecule has 0 aliphatic heterocycles. The Hall–Kier alpha value is -3.22. The number of aromatic nitrogens is 1. The molecule has 1 fully saturated rings. The number of aromatic carboxylic acids is 1. The molecule has 156 valence electrons. The first-order valence-electron chi connectivity index (χ1n) is 10.3. The number of hydrogen-bond acceptors (Lipinski definition) is 5. The molecular weight excluding hydrogens is 382 g/mol. The highest BCUT2D eigenvalue weighted by Crippen LogP contribution is 2.29. The molecule has 7 heteroatoms. The van der Waals surface area contributed by atoms with E-state index in [-0.39, 0.29) is 27.9 Å². The van der Waals surface area contributed by atoms with E-state index in [1.165, 1.54) is 38.1 Å². The molecule has 0 spiro atoms. The molecule has 1 aromatic carbocycles. The molecule has 0 unspecified atom stereocenters. The van der Waals surface area contributed by atoms with Crippen LogP contribution in [0.5, 0.6) is 0 Å². The minimum atomic E-state index is -1.19. The Balaban J connectivity index is 1.77. The molecule has 1 aliphatic carbocycles. The molecule has 0 atom stereocenters. The second-order valence-electron chi connectivity index (χ2n) is 8.18. The second-order valence-corrected chi connectivity index (χ2v) is 8.18. The summed E-state index contributed by atoms with van der Waals surface area (Å²) >= 11 is 0. The van der Waals surface area contributed by atoms with E-state index >= 15 is 0 Å². The minimum absolute atomic E-state index is 0.000571. The number of carboxylic acid groups (broad SMARTS) is 1. The van der Waals surface area contributed by atoms with Crippen molar-refractivity contribution in [3.8, 4) is 0 Å². The molecular formula is C23H25N3O4. The van der Waals surface area contributed by atoms with Gasteiger partial charge in [-0.2, -0.15) is 4.98 Å². The number of aliphatic imine (C=N–C) groups is 1. The molecule has 0 amide bonds. The molecule has 2 aromatic heterocycles.